The molecule has 1 aromatic carbocycles. The number of rotatable bonds is 3. The molecule has 4 heteroatoms. The molecule has 1 aromatic rings. The normalized spacial score (nSPS) is 9.73. The molecular formula is C11H12O4. The molecule has 0 saturated heterocycles. The van der Waals surface area contributed by atoms with Crippen LogP contribution in [-0.2, 0) is 16.1 Å². The highest BCUT2D eigenvalue weighted by molar-refractivity contribution is 5.75. The van der Waals surface area contributed by atoms with Gasteiger partial charge in [-0.25, -0.2) is 0 Å². The quantitative estimate of drug-likeness (QED) is 0.582. The van der Waals surface area contributed by atoms with E-state index in [1.807, 2.05) is 0 Å². The van der Waals surface area contributed by atoms with E-state index in [9.17, 15) is 9.90 Å². The lowest BCUT2D eigenvalue weighted by Gasteiger charge is -2.07. The summed E-state index contributed by atoms with van der Waals surface area (Å²) >= 11 is 0. The van der Waals surface area contributed by atoms with Crippen molar-refractivity contribution in [2.24, 2.45) is 0 Å². The van der Waals surface area contributed by atoms with Gasteiger partial charge >= 0.3 is 5.97 Å². The topological polar surface area (TPSA) is 66.8 Å². The standard InChI is InChI=1S/C11H12O4/c1-7(15-8(2)13)9-3-4-10(6-12)11(14)5-9/h3-5,12,14H,1,6H2,2H3. The van der Waals surface area contributed by atoms with E-state index in [-0.39, 0.29) is 18.1 Å². The molecule has 0 fully saturated rings. The van der Waals surface area contributed by atoms with Crippen LogP contribution in [0, 0.1) is 0 Å². The zero-order valence-corrected chi connectivity index (χ0v) is 8.36. The molecule has 0 spiro atoms. The van der Waals surface area contributed by atoms with Gasteiger partial charge in [0.1, 0.15) is 11.5 Å². The number of esters is 1. The Morgan fingerprint density at radius 3 is 2.67 bits per heavy atom. The first-order valence-corrected chi connectivity index (χ1v) is 4.35. The van der Waals surface area contributed by atoms with E-state index in [2.05, 4.69) is 6.58 Å². The first kappa shape index (κ1) is 11.3. The zero-order valence-electron chi connectivity index (χ0n) is 8.36. The molecule has 15 heavy (non-hydrogen) atoms. The summed E-state index contributed by atoms with van der Waals surface area (Å²) in [5.41, 5.74) is 0.911. The van der Waals surface area contributed by atoms with Gasteiger partial charge in [0.15, 0.2) is 0 Å². The van der Waals surface area contributed by atoms with E-state index in [1.165, 1.54) is 13.0 Å². The molecule has 0 atom stereocenters. The SMILES string of the molecule is C=C(OC(C)=O)c1ccc(CO)c(O)c1. The van der Waals surface area contributed by atoms with Gasteiger partial charge in [-0.1, -0.05) is 18.7 Å². The lowest BCUT2D eigenvalue weighted by Crippen LogP contribution is -1.97. The average molecular weight is 208 g/mol. The Morgan fingerprint density at radius 1 is 1.53 bits per heavy atom. The van der Waals surface area contributed by atoms with Crippen molar-refractivity contribution < 1.29 is 19.7 Å². The van der Waals surface area contributed by atoms with Crippen molar-refractivity contribution in [3.05, 3.63) is 35.9 Å². The highest BCUT2D eigenvalue weighted by Crippen LogP contribution is 2.23. The van der Waals surface area contributed by atoms with Crippen LogP contribution in [0.3, 0.4) is 0 Å². The summed E-state index contributed by atoms with van der Waals surface area (Å²) in [6.45, 7) is 4.57. The molecular weight excluding hydrogens is 196 g/mol. The lowest BCUT2D eigenvalue weighted by molar-refractivity contribution is -0.134. The van der Waals surface area contributed by atoms with E-state index >= 15 is 0 Å². The Bertz CT molecular complexity index is 396. The largest absolute Gasteiger partial charge is 0.508 e. The molecule has 0 amide bonds. The first-order chi connectivity index (χ1) is 7.04. The maximum Gasteiger partial charge on any atom is 0.308 e. The lowest BCUT2D eigenvalue weighted by atomic mass is 10.1. The van der Waals surface area contributed by atoms with Gasteiger partial charge in [-0.15, -0.1) is 0 Å². The Hall–Kier alpha value is -1.81. The van der Waals surface area contributed by atoms with Crippen molar-refractivity contribution in [2.45, 2.75) is 13.5 Å². The molecule has 0 saturated carbocycles. The van der Waals surface area contributed by atoms with Gasteiger partial charge in [0, 0.05) is 18.1 Å². The van der Waals surface area contributed by atoms with E-state index in [0.717, 1.165) is 0 Å². The molecule has 0 heterocycles. The van der Waals surface area contributed by atoms with Gasteiger partial charge in [0.25, 0.3) is 0 Å². The van der Waals surface area contributed by atoms with Crippen LogP contribution in [0.2, 0.25) is 0 Å². The maximum absolute atomic E-state index is 10.6. The molecule has 0 aliphatic rings. The fraction of sp³-hybridized carbons (Fsp3) is 0.182. The molecule has 0 bridgehead atoms. The van der Waals surface area contributed by atoms with Crippen LogP contribution < -0.4 is 0 Å². The second kappa shape index (κ2) is 4.61. The number of aliphatic hydroxyl groups excluding tert-OH is 1. The Balaban J connectivity index is 2.92. The van der Waals surface area contributed by atoms with Gasteiger partial charge < -0.3 is 14.9 Å². The van der Waals surface area contributed by atoms with Crippen molar-refractivity contribution in [2.75, 3.05) is 0 Å². The summed E-state index contributed by atoms with van der Waals surface area (Å²) in [7, 11) is 0. The van der Waals surface area contributed by atoms with Crippen molar-refractivity contribution in [1.29, 1.82) is 0 Å². The van der Waals surface area contributed by atoms with Crippen molar-refractivity contribution >= 4 is 11.7 Å². The van der Waals surface area contributed by atoms with Crippen molar-refractivity contribution in [1.82, 2.24) is 0 Å². The highest BCUT2D eigenvalue weighted by Gasteiger charge is 2.06. The molecule has 0 aliphatic carbocycles. The number of benzene rings is 1. The fourth-order valence-corrected chi connectivity index (χ4v) is 1.10. The van der Waals surface area contributed by atoms with Crippen LogP contribution in [0.25, 0.3) is 5.76 Å². The minimum Gasteiger partial charge on any atom is -0.508 e. The monoisotopic (exact) mass is 208 g/mol. The van der Waals surface area contributed by atoms with Gasteiger partial charge in [-0.05, 0) is 6.07 Å². The van der Waals surface area contributed by atoms with Crippen LogP contribution in [0.1, 0.15) is 18.1 Å². The second-order valence-corrected chi connectivity index (χ2v) is 3.02. The summed E-state index contributed by atoms with van der Waals surface area (Å²) in [5.74, 6) is -0.351. The Morgan fingerprint density at radius 2 is 2.20 bits per heavy atom. The van der Waals surface area contributed by atoms with Crippen molar-refractivity contribution in [3.8, 4) is 5.75 Å². The van der Waals surface area contributed by atoms with Crippen LogP contribution in [0.4, 0.5) is 0 Å². The molecule has 4 nitrogen and oxygen atoms in total. The second-order valence-electron chi connectivity index (χ2n) is 3.02. The van der Waals surface area contributed by atoms with Gasteiger partial charge in [0.2, 0.25) is 0 Å². The molecule has 0 aliphatic heterocycles. The number of carbonyl (C=O) groups excluding carboxylic acids is 1. The highest BCUT2D eigenvalue weighted by atomic mass is 16.5. The summed E-state index contributed by atoms with van der Waals surface area (Å²) in [6, 6.07) is 4.53. The molecule has 2 N–H and O–H groups in total. The Labute approximate surface area is 87.4 Å². The molecule has 0 unspecified atom stereocenters. The van der Waals surface area contributed by atoms with E-state index in [1.54, 1.807) is 12.1 Å². The molecule has 1 rings (SSSR count). The average Bonchev–Trinajstić information content (AvgIpc) is 2.16. The zero-order chi connectivity index (χ0) is 11.4. The third-order valence-corrected chi connectivity index (χ3v) is 1.84. The maximum atomic E-state index is 10.6. The number of phenols is 1. The van der Waals surface area contributed by atoms with Gasteiger partial charge in [0.05, 0.1) is 6.61 Å². The third kappa shape index (κ3) is 2.82. The summed E-state index contributed by atoms with van der Waals surface area (Å²) < 4.78 is 4.76. The summed E-state index contributed by atoms with van der Waals surface area (Å²) in [6.07, 6.45) is 0. The van der Waals surface area contributed by atoms with Crippen LogP contribution in [-0.4, -0.2) is 16.2 Å². The predicted octanol–water partition coefficient (Wildman–Crippen LogP) is 1.42. The van der Waals surface area contributed by atoms with Crippen LogP contribution in [0.5, 0.6) is 5.75 Å². The smallest absolute Gasteiger partial charge is 0.308 e. The number of hydrogen-bond acceptors (Lipinski definition) is 4. The number of hydrogen-bond donors (Lipinski definition) is 2. The van der Waals surface area contributed by atoms with Crippen molar-refractivity contribution in [3.63, 3.8) is 0 Å². The van der Waals surface area contributed by atoms with E-state index in [4.69, 9.17) is 9.84 Å². The molecule has 80 valence electrons. The Kier molecular flexibility index (Phi) is 3.46. The van der Waals surface area contributed by atoms with Crippen LogP contribution >= 0.6 is 0 Å². The molecule has 0 aromatic heterocycles. The van der Waals surface area contributed by atoms with Crippen LogP contribution in [0.15, 0.2) is 24.8 Å². The fourth-order valence-electron chi connectivity index (χ4n) is 1.10. The molecule has 0 radical (unpaired) electrons. The van der Waals surface area contributed by atoms with E-state index < -0.39 is 5.97 Å². The van der Waals surface area contributed by atoms with Gasteiger partial charge in [-0.3, -0.25) is 4.79 Å². The first-order valence-electron chi connectivity index (χ1n) is 4.35. The van der Waals surface area contributed by atoms with Gasteiger partial charge in [-0.2, -0.15) is 0 Å². The summed E-state index contributed by atoms with van der Waals surface area (Å²) in [5, 5.41) is 18.3. The number of aliphatic hydroxyl groups is 1. The number of ether oxygens (including phenoxy) is 1. The van der Waals surface area contributed by atoms with E-state index in [0.29, 0.717) is 11.1 Å². The third-order valence-electron chi connectivity index (χ3n) is 1.84. The predicted molar refractivity (Wildman–Crippen MR) is 54.8 cm³/mol. The minimum absolute atomic E-state index is 0.0525. The minimum atomic E-state index is -0.467. The number of aromatic hydroxyl groups is 1. The summed E-state index contributed by atoms with van der Waals surface area (Å²) in [4.78, 5) is 10.6. The number of carbonyl (C=O) groups is 1.